The van der Waals surface area contributed by atoms with Crippen LogP contribution in [-0.2, 0) is 16.1 Å². The van der Waals surface area contributed by atoms with Crippen LogP contribution in [0.5, 0.6) is 5.75 Å². The fraction of sp³-hybridized carbons (Fsp3) is 0.263. The summed E-state index contributed by atoms with van der Waals surface area (Å²) in [6.07, 6.45) is 0.160. The molecule has 0 saturated carbocycles. The normalized spacial score (nSPS) is 10.2. The number of nitrogens with zero attached hydrogens (tertiary/aromatic N) is 1. The lowest BCUT2D eigenvalue weighted by atomic mass is 10.2. The lowest BCUT2D eigenvalue weighted by Gasteiger charge is -2.24. The summed E-state index contributed by atoms with van der Waals surface area (Å²) in [5.74, 6) is 0.141. The number of nitrogens with two attached hydrogens (primary N) is 1. The molecule has 0 aliphatic heterocycles. The summed E-state index contributed by atoms with van der Waals surface area (Å²) >= 11 is 5.95. The molecule has 7 heteroatoms. The summed E-state index contributed by atoms with van der Waals surface area (Å²) in [6, 6.07) is 14.6. The minimum Gasteiger partial charge on any atom is -0.497 e. The Labute approximate surface area is 157 Å². The maximum Gasteiger partial charge on any atom is 0.239 e. The molecule has 0 aromatic heterocycles. The fourth-order valence-electron chi connectivity index (χ4n) is 2.41. The maximum atomic E-state index is 12.3. The number of nitrogens with one attached hydrogen (secondary N) is 1. The number of carbonyl (C=O) groups is 2. The summed E-state index contributed by atoms with van der Waals surface area (Å²) < 4.78 is 5.14. The number of primary amides is 1. The number of halogens is 1. The van der Waals surface area contributed by atoms with Crippen molar-refractivity contribution >= 4 is 29.1 Å². The monoisotopic (exact) mass is 375 g/mol. The second-order valence-corrected chi connectivity index (χ2v) is 6.18. The van der Waals surface area contributed by atoms with Crippen molar-refractivity contribution in [2.24, 2.45) is 5.73 Å². The third-order valence-electron chi connectivity index (χ3n) is 3.78. The number of benzene rings is 2. The molecule has 26 heavy (non-hydrogen) atoms. The van der Waals surface area contributed by atoms with Gasteiger partial charge in [-0.3, -0.25) is 9.59 Å². The van der Waals surface area contributed by atoms with Crippen molar-refractivity contribution in [1.82, 2.24) is 5.32 Å². The smallest absolute Gasteiger partial charge is 0.239 e. The van der Waals surface area contributed by atoms with E-state index in [-0.39, 0.29) is 18.9 Å². The Bertz CT molecular complexity index is 750. The molecular weight excluding hydrogens is 354 g/mol. The summed E-state index contributed by atoms with van der Waals surface area (Å²) in [7, 11) is 1.59. The SMILES string of the molecule is COc1ccc(N(CCC(N)=O)CC(=O)NCc2cccc(Cl)c2)cc1. The molecule has 0 heterocycles. The summed E-state index contributed by atoms with van der Waals surface area (Å²) in [5.41, 5.74) is 6.97. The Morgan fingerprint density at radius 3 is 2.54 bits per heavy atom. The van der Waals surface area contributed by atoms with Gasteiger partial charge in [0, 0.05) is 30.2 Å². The maximum absolute atomic E-state index is 12.3. The molecule has 0 saturated heterocycles. The Morgan fingerprint density at radius 2 is 1.92 bits per heavy atom. The van der Waals surface area contributed by atoms with Gasteiger partial charge in [-0.05, 0) is 42.0 Å². The zero-order valence-corrected chi connectivity index (χ0v) is 15.3. The first-order valence-electron chi connectivity index (χ1n) is 8.16. The van der Waals surface area contributed by atoms with Gasteiger partial charge in [0.05, 0.1) is 13.7 Å². The van der Waals surface area contributed by atoms with Crippen LogP contribution in [0.3, 0.4) is 0 Å². The second kappa shape index (κ2) is 9.68. The van der Waals surface area contributed by atoms with Gasteiger partial charge in [0.25, 0.3) is 0 Å². The van der Waals surface area contributed by atoms with Gasteiger partial charge < -0.3 is 20.7 Å². The predicted molar refractivity (Wildman–Crippen MR) is 102 cm³/mol. The van der Waals surface area contributed by atoms with Crippen molar-refractivity contribution in [2.75, 3.05) is 25.1 Å². The van der Waals surface area contributed by atoms with Gasteiger partial charge in [0.2, 0.25) is 11.8 Å². The Morgan fingerprint density at radius 1 is 1.19 bits per heavy atom. The van der Waals surface area contributed by atoms with Crippen molar-refractivity contribution in [3.8, 4) is 5.75 Å². The van der Waals surface area contributed by atoms with Gasteiger partial charge in [-0.2, -0.15) is 0 Å². The molecule has 6 nitrogen and oxygen atoms in total. The summed E-state index contributed by atoms with van der Waals surface area (Å²) in [4.78, 5) is 25.3. The molecule has 2 aromatic carbocycles. The highest BCUT2D eigenvalue weighted by Gasteiger charge is 2.13. The molecule has 0 fully saturated rings. The molecule has 0 unspecified atom stereocenters. The molecule has 0 bridgehead atoms. The first-order valence-corrected chi connectivity index (χ1v) is 8.54. The van der Waals surface area contributed by atoms with E-state index in [1.54, 1.807) is 36.3 Å². The minimum atomic E-state index is -0.414. The van der Waals surface area contributed by atoms with Crippen molar-refractivity contribution in [3.63, 3.8) is 0 Å². The highest BCUT2D eigenvalue weighted by Crippen LogP contribution is 2.19. The first-order chi connectivity index (χ1) is 12.5. The van der Waals surface area contributed by atoms with E-state index in [1.165, 1.54) is 0 Å². The van der Waals surface area contributed by atoms with E-state index in [9.17, 15) is 9.59 Å². The number of amides is 2. The molecule has 0 aliphatic rings. The van der Waals surface area contributed by atoms with E-state index in [0.717, 1.165) is 11.3 Å². The quantitative estimate of drug-likeness (QED) is 0.704. The van der Waals surface area contributed by atoms with Crippen LogP contribution in [0.2, 0.25) is 5.02 Å². The average molecular weight is 376 g/mol. The molecular formula is C19H22ClN3O3. The lowest BCUT2D eigenvalue weighted by Crippen LogP contribution is -2.38. The second-order valence-electron chi connectivity index (χ2n) is 5.74. The van der Waals surface area contributed by atoms with Crippen molar-refractivity contribution in [1.29, 1.82) is 0 Å². The minimum absolute atomic E-state index is 0.111. The van der Waals surface area contributed by atoms with Gasteiger partial charge >= 0.3 is 0 Å². The standard InChI is InChI=1S/C19H22ClN3O3/c1-26-17-7-5-16(6-8-17)23(10-9-18(21)24)13-19(25)22-12-14-3-2-4-15(20)11-14/h2-8,11H,9-10,12-13H2,1H3,(H2,21,24)(H,22,25). The topological polar surface area (TPSA) is 84.7 Å². The third kappa shape index (κ3) is 6.29. The molecule has 2 amide bonds. The van der Waals surface area contributed by atoms with Gasteiger partial charge in [-0.1, -0.05) is 23.7 Å². The molecule has 0 spiro atoms. The van der Waals surface area contributed by atoms with E-state index < -0.39 is 5.91 Å². The molecule has 0 aliphatic carbocycles. The van der Waals surface area contributed by atoms with Crippen LogP contribution in [0.1, 0.15) is 12.0 Å². The highest BCUT2D eigenvalue weighted by molar-refractivity contribution is 6.30. The lowest BCUT2D eigenvalue weighted by molar-refractivity contribution is -0.120. The van der Waals surface area contributed by atoms with Gasteiger partial charge in [0.15, 0.2) is 0 Å². The van der Waals surface area contributed by atoms with Crippen molar-refractivity contribution < 1.29 is 14.3 Å². The number of anilines is 1. The Hall–Kier alpha value is -2.73. The zero-order chi connectivity index (χ0) is 18.9. The van der Waals surface area contributed by atoms with E-state index in [2.05, 4.69) is 5.32 Å². The molecule has 3 N–H and O–H groups in total. The number of carbonyl (C=O) groups excluding carboxylic acids is 2. The van der Waals surface area contributed by atoms with Gasteiger partial charge in [-0.15, -0.1) is 0 Å². The number of hydrogen-bond donors (Lipinski definition) is 2. The van der Waals surface area contributed by atoms with Crippen LogP contribution in [-0.4, -0.2) is 32.0 Å². The van der Waals surface area contributed by atoms with Crippen LogP contribution in [0.4, 0.5) is 5.69 Å². The van der Waals surface area contributed by atoms with Gasteiger partial charge in [0.1, 0.15) is 5.75 Å². The Balaban J connectivity index is 1.99. The number of ether oxygens (including phenoxy) is 1. The zero-order valence-electron chi connectivity index (χ0n) is 14.6. The predicted octanol–water partition coefficient (Wildman–Crippen LogP) is 2.35. The van der Waals surface area contributed by atoms with Crippen LogP contribution < -0.4 is 20.7 Å². The summed E-state index contributed by atoms with van der Waals surface area (Å²) in [5, 5.41) is 3.48. The largest absolute Gasteiger partial charge is 0.497 e. The first kappa shape index (κ1) is 19.6. The van der Waals surface area contributed by atoms with Crippen molar-refractivity contribution in [2.45, 2.75) is 13.0 Å². The Kier molecular flexibility index (Phi) is 7.29. The summed E-state index contributed by atoms with van der Waals surface area (Å²) in [6.45, 7) is 0.845. The number of hydrogen-bond acceptors (Lipinski definition) is 4. The van der Waals surface area contributed by atoms with Crippen LogP contribution in [0.25, 0.3) is 0 Å². The van der Waals surface area contributed by atoms with Crippen molar-refractivity contribution in [3.05, 3.63) is 59.1 Å². The van der Waals surface area contributed by atoms with Crippen LogP contribution in [0.15, 0.2) is 48.5 Å². The molecule has 2 aromatic rings. The average Bonchev–Trinajstić information content (AvgIpc) is 2.63. The molecule has 138 valence electrons. The molecule has 0 radical (unpaired) electrons. The molecule has 2 rings (SSSR count). The van der Waals surface area contributed by atoms with Crippen LogP contribution in [0, 0.1) is 0 Å². The number of rotatable bonds is 9. The van der Waals surface area contributed by atoms with E-state index >= 15 is 0 Å². The third-order valence-corrected chi connectivity index (χ3v) is 4.01. The highest BCUT2D eigenvalue weighted by atomic mass is 35.5. The molecule has 0 atom stereocenters. The van der Waals surface area contributed by atoms with Crippen LogP contribution >= 0.6 is 11.6 Å². The number of methoxy groups -OCH3 is 1. The van der Waals surface area contributed by atoms with Gasteiger partial charge in [-0.25, -0.2) is 0 Å². The van der Waals surface area contributed by atoms with E-state index in [0.29, 0.717) is 23.9 Å². The van der Waals surface area contributed by atoms with E-state index in [4.69, 9.17) is 22.1 Å². The van der Waals surface area contributed by atoms with E-state index in [1.807, 2.05) is 24.3 Å². The fourth-order valence-corrected chi connectivity index (χ4v) is 2.63.